The van der Waals surface area contributed by atoms with Crippen LogP contribution in [0, 0.1) is 0 Å². The first-order valence-electron chi connectivity index (χ1n) is 8.89. The van der Waals surface area contributed by atoms with Gasteiger partial charge in [-0.1, -0.05) is 12.1 Å². The van der Waals surface area contributed by atoms with E-state index in [1.807, 2.05) is 35.2 Å². The summed E-state index contributed by atoms with van der Waals surface area (Å²) in [7, 11) is 0. The lowest BCUT2D eigenvalue weighted by atomic mass is 10.1. The number of amidine groups is 1. The first-order valence-corrected chi connectivity index (χ1v) is 8.89. The molecule has 5 aromatic rings. The number of fused-ring (bicyclic) bond motifs is 3. The van der Waals surface area contributed by atoms with Crippen LogP contribution in [0.2, 0.25) is 0 Å². The van der Waals surface area contributed by atoms with Crippen LogP contribution in [0.3, 0.4) is 0 Å². The summed E-state index contributed by atoms with van der Waals surface area (Å²) in [5, 5.41) is 14.4. The molecule has 2 aromatic carbocycles. The lowest BCUT2D eigenvalue weighted by molar-refractivity contribution is 0.424. The van der Waals surface area contributed by atoms with E-state index in [0.717, 1.165) is 44.7 Å². The van der Waals surface area contributed by atoms with Crippen LogP contribution >= 0.6 is 0 Å². The van der Waals surface area contributed by atoms with Crippen LogP contribution in [0.4, 0.5) is 5.69 Å². The maximum absolute atomic E-state index is 5.22. The van der Waals surface area contributed by atoms with Crippen molar-refractivity contribution in [2.45, 2.75) is 0 Å². The molecule has 1 aliphatic heterocycles. The van der Waals surface area contributed by atoms with Crippen LogP contribution in [-0.2, 0) is 0 Å². The van der Waals surface area contributed by atoms with Gasteiger partial charge in [0.1, 0.15) is 5.52 Å². The van der Waals surface area contributed by atoms with Crippen molar-refractivity contribution in [1.82, 2.24) is 24.9 Å². The zero-order valence-corrected chi connectivity index (χ0v) is 14.7. The smallest absolute Gasteiger partial charge is 0.183 e. The predicted octanol–water partition coefficient (Wildman–Crippen LogP) is 3.70. The summed E-state index contributed by atoms with van der Waals surface area (Å²) >= 11 is 0. The van der Waals surface area contributed by atoms with Gasteiger partial charge >= 0.3 is 0 Å². The molecule has 0 fully saturated rings. The Labute approximate surface area is 158 Å². The van der Waals surface area contributed by atoms with Gasteiger partial charge in [-0.25, -0.2) is 10.1 Å². The number of anilines is 1. The highest BCUT2D eigenvalue weighted by Gasteiger charge is 2.16. The van der Waals surface area contributed by atoms with Gasteiger partial charge in [0.05, 0.1) is 18.3 Å². The largest absolute Gasteiger partial charge is 0.380 e. The van der Waals surface area contributed by atoms with Crippen molar-refractivity contribution in [3.8, 4) is 0 Å². The van der Waals surface area contributed by atoms with Crippen molar-refractivity contribution in [2.24, 2.45) is 4.99 Å². The minimum atomic E-state index is 0.536. The molecule has 4 heterocycles. The van der Waals surface area contributed by atoms with Crippen LogP contribution < -0.4 is 5.32 Å². The van der Waals surface area contributed by atoms with E-state index in [-0.39, 0.29) is 0 Å². The number of hydrogen-bond donors (Lipinski definition) is 3. The van der Waals surface area contributed by atoms with E-state index in [2.05, 4.69) is 50.1 Å². The molecular weight excluding hydrogens is 354 g/mol. The maximum Gasteiger partial charge on any atom is 0.183 e. The third kappa shape index (κ3) is 2.35. The van der Waals surface area contributed by atoms with Gasteiger partial charge in [-0.2, -0.15) is 5.10 Å². The molecule has 8 heteroatoms. The molecule has 0 amide bonds. The molecule has 6 rings (SSSR count). The Bertz CT molecular complexity index is 1380. The van der Waals surface area contributed by atoms with Crippen molar-refractivity contribution in [3.63, 3.8) is 0 Å². The Morgan fingerprint density at radius 2 is 2.11 bits per heavy atom. The third-order valence-electron chi connectivity index (χ3n) is 4.91. The summed E-state index contributed by atoms with van der Waals surface area (Å²) in [5.41, 5.74) is 5.89. The van der Waals surface area contributed by atoms with Crippen LogP contribution in [0.1, 0.15) is 11.4 Å². The van der Waals surface area contributed by atoms with Crippen LogP contribution in [0.15, 0.2) is 64.5 Å². The minimum absolute atomic E-state index is 0.536. The Kier molecular flexibility index (Phi) is 3.07. The number of aliphatic imine (C=N–C) groups is 1. The molecule has 0 saturated carbocycles. The fourth-order valence-electron chi connectivity index (χ4n) is 3.41. The highest BCUT2D eigenvalue weighted by Crippen LogP contribution is 2.24. The molecule has 0 atom stereocenters. The lowest BCUT2D eigenvalue weighted by Gasteiger charge is -2.10. The third-order valence-corrected chi connectivity index (χ3v) is 4.91. The second-order valence-corrected chi connectivity index (χ2v) is 6.69. The summed E-state index contributed by atoms with van der Waals surface area (Å²) < 4.78 is 7.21. The highest BCUT2D eigenvalue weighted by atomic mass is 16.5. The fourth-order valence-corrected chi connectivity index (χ4v) is 3.41. The standard InChI is InChI=1S/C20H15N7O/c1-2-13-10-23-25-17(13)7-12(1)14-9-22-19(20-21-5-6-27(20)11-14)24-15-3-4-16-18(8-15)28-26-16/h1-8,10-11,26H,9H2,(H,22,24)(H,23,25). The second-order valence-electron chi connectivity index (χ2n) is 6.69. The summed E-state index contributed by atoms with van der Waals surface area (Å²) in [6, 6.07) is 12.1. The normalized spacial score (nSPS) is 14.0. The van der Waals surface area contributed by atoms with Gasteiger partial charge in [0.25, 0.3) is 0 Å². The summed E-state index contributed by atoms with van der Waals surface area (Å²) in [6.45, 7) is 0.536. The molecule has 136 valence electrons. The fraction of sp³-hybridized carbons (Fsp3) is 0.0500. The van der Waals surface area contributed by atoms with Gasteiger partial charge in [-0.15, -0.1) is 0 Å². The van der Waals surface area contributed by atoms with Gasteiger partial charge in [0.2, 0.25) is 0 Å². The Hall–Kier alpha value is -4.07. The molecular formula is C20H15N7O. The van der Waals surface area contributed by atoms with Crippen molar-refractivity contribution in [2.75, 3.05) is 11.9 Å². The van der Waals surface area contributed by atoms with E-state index < -0.39 is 0 Å². The first-order chi connectivity index (χ1) is 13.8. The van der Waals surface area contributed by atoms with Gasteiger partial charge in [-0.05, 0) is 29.3 Å². The second kappa shape index (κ2) is 5.71. The average Bonchev–Trinajstić information content (AvgIpc) is 3.31. The Morgan fingerprint density at radius 3 is 3.00 bits per heavy atom. The molecule has 0 unspecified atom stereocenters. The predicted molar refractivity (Wildman–Crippen MR) is 108 cm³/mol. The van der Waals surface area contributed by atoms with Crippen LogP contribution in [0.25, 0.3) is 33.8 Å². The molecule has 0 saturated heterocycles. The molecule has 0 aliphatic carbocycles. The molecule has 3 aromatic heterocycles. The zero-order valence-electron chi connectivity index (χ0n) is 14.7. The average molecular weight is 369 g/mol. The van der Waals surface area contributed by atoms with Gasteiger partial charge in [0.15, 0.2) is 17.2 Å². The SMILES string of the molecule is C1=C(c2ccc3cn[nH]c3c2)CN=C(Nc2ccc3[nH]oc3c2)c2nccn21. The van der Waals surface area contributed by atoms with Gasteiger partial charge in [0, 0.05) is 35.7 Å². The highest BCUT2D eigenvalue weighted by molar-refractivity contribution is 6.08. The Balaban J connectivity index is 1.38. The number of aromatic nitrogens is 5. The first kappa shape index (κ1) is 15.0. The Morgan fingerprint density at radius 1 is 1.11 bits per heavy atom. The van der Waals surface area contributed by atoms with E-state index in [1.54, 1.807) is 6.20 Å². The van der Waals surface area contributed by atoms with Crippen molar-refractivity contribution in [1.29, 1.82) is 0 Å². The molecule has 0 spiro atoms. The molecule has 0 bridgehead atoms. The molecule has 1 aliphatic rings. The van der Waals surface area contributed by atoms with Crippen LogP contribution in [0.5, 0.6) is 0 Å². The summed E-state index contributed by atoms with van der Waals surface area (Å²) in [6.07, 6.45) is 7.59. The molecule has 8 nitrogen and oxygen atoms in total. The topological polar surface area (TPSA) is 99.8 Å². The quantitative estimate of drug-likeness (QED) is 0.442. The van der Waals surface area contributed by atoms with E-state index in [1.165, 1.54) is 0 Å². The number of aromatic amines is 2. The van der Waals surface area contributed by atoms with E-state index in [0.29, 0.717) is 12.4 Å². The summed E-state index contributed by atoms with van der Waals surface area (Å²) in [5.74, 6) is 1.48. The van der Waals surface area contributed by atoms with Gasteiger partial charge < -0.3 is 14.4 Å². The molecule has 0 radical (unpaired) electrons. The number of rotatable bonds is 2. The number of imidazole rings is 1. The van der Waals surface area contributed by atoms with Crippen LogP contribution in [-0.4, -0.2) is 37.3 Å². The van der Waals surface area contributed by atoms with E-state index >= 15 is 0 Å². The zero-order chi connectivity index (χ0) is 18.5. The number of nitrogens with one attached hydrogen (secondary N) is 3. The maximum atomic E-state index is 5.22. The van der Waals surface area contributed by atoms with Gasteiger partial charge in [-0.3, -0.25) is 10.1 Å². The molecule has 3 N–H and O–H groups in total. The number of H-pyrrole nitrogens is 2. The number of nitrogens with zero attached hydrogens (tertiary/aromatic N) is 4. The van der Waals surface area contributed by atoms with Crippen molar-refractivity contribution >= 4 is 45.3 Å². The summed E-state index contributed by atoms with van der Waals surface area (Å²) in [4.78, 5) is 9.28. The van der Waals surface area contributed by atoms with E-state index in [4.69, 9.17) is 9.52 Å². The number of hydrogen-bond acceptors (Lipinski definition) is 5. The minimum Gasteiger partial charge on any atom is -0.380 e. The molecule has 28 heavy (non-hydrogen) atoms. The van der Waals surface area contributed by atoms with Crippen molar-refractivity contribution in [3.05, 3.63) is 66.4 Å². The van der Waals surface area contributed by atoms with Crippen molar-refractivity contribution < 1.29 is 4.52 Å². The monoisotopic (exact) mass is 369 g/mol. The lowest BCUT2D eigenvalue weighted by Crippen LogP contribution is -2.17. The van der Waals surface area contributed by atoms with E-state index in [9.17, 15) is 0 Å². The number of benzene rings is 2.